The van der Waals surface area contributed by atoms with Crippen molar-refractivity contribution in [2.24, 2.45) is 0 Å². The van der Waals surface area contributed by atoms with E-state index in [2.05, 4.69) is 5.43 Å². The summed E-state index contributed by atoms with van der Waals surface area (Å²) in [4.78, 5) is 22.1. The van der Waals surface area contributed by atoms with E-state index in [1.54, 1.807) is 24.3 Å². The molecule has 0 unspecified atom stereocenters. The molecule has 136 valence electrons. The number of carbonyl (C=O) groups excluding carboxylic acids is 1. The summed E-state index contributed by atoms with van der Waals surface area (Å²) in [6.45, 7) is 0. The summed E-state index contributed by atoms with van der Waals surface area (Å²) in [7, 11) is 1.38. The van der Waals surface area contributed by atoms with Crippen molar-refractivity contribution in [3.63, 3.8) is 0 Å². The van der Waals surface area contributed by atoms with E-state index in [0.717, 1.165) is 17.1 Å². The van der Waals surface area contributed by atoms with Gasteiger partial charge in [-0.15, -0.1) is 0 Å². The van der Waals surface area contributed by atoms with Crippen molar-refractivity contribution in [2.45, 2.75) is 12.4 Å². The number of nitro groups is 1. The van der Waals surface area contributed by atoms with Crippen molar-refractivity contribution < 1.29 is 27.6 Å². The van der Waals surface area contributed by atoms with E-state index >= 15 is 0 Å². The Hall–Kier alpha value is -3.14. The predicted molar refractivity (Wildman–Crippen MR) is 84.2 cm³/mol. The summed E-state index contributed by atoms with van der Waals surface area (Å²) in [5.41, 5.74) is 1.65. The van der Waals surface area contributed by atoms with Gasteiger partial charge in [0.15, 0.2) is 6.23 Å². The van der Waals surface area contributed by atoms with Gasteiger partial charge in [-0.2, -0.15) is 18.6 Å². The molecule has 0 saturated carbocycles. The first-order valence-corrected chi connectivity index (χ1v) is 7.34. The van der Waals surface area contributed by atoms with E-state index in [1.165, 1.54) is 7.05 Å². The molecule has 10 heteroatoms. The molecule has 0 fully saturated rings. The Morgan fingerprint density at radius 2 is 1.92 bits per heavy atom. The van der Waals surface area contributed by atoms with Gasteiger partial charge < -0.3 is 9.75 Å². The maximum Gasteiger partial charge on any atom is 0.416 e. The number of rotatable bonds is 4. The first-order valence-electron chi connectivity index (χ1n) is 7.34. The van der Waals surface area contributed by atoms with Crippen LogP contribution < -0.4 is 10.4 Å². The minimum Gasteiger partial charge on any atom is -0.437 e. The lowest BCUT2D eigenvalue weighted by Gasteiger charge is -2.24. The van der Waals surface area contributed by atoms with Crippen LogP contribution in [0.15, 0.2) is 42.5 Å². The van der Waals surface area contributed by atoms with Crippen molar-refractivity contribution in [1.29, 1.82) is 0 Å². The Morgan fingerprint density at radius 1 is 1.23 bits per heavy atom. The number of halogens is 3. The highest BCUT2D eigenvalue weighted by Crippen LogP contribution is 2.36. The zero-order valence-corrected chi connectivity index (χ0v) is 13.3. The van der Waals surface area contributed by atoms with E-state index in [9.17, 15) is 28.1 Å². The van der Waals surface area contributed by atoms with Gasteiger partial charge in [-0.25, -0.2) is 4.79 Å². The second-order valence-electron chi connectivity index (χ2n) is 5.52. The van der Waals surface area contributed by atoms with Gasteiger partial charge in [-0.1, -0.05) is 18.2 Å². The normalized spacial score (nSPS) is 16.2. The minimum atomic E-state index is -4.70. The van der Waals surface area contributed by atoms with Crippen molar-refractivity contribution in [3.05, 3.63) is 69.3 Å². The van der Waals surface area contributed by atoms with Crippen LogP contribution in [0.5, 0.6) is 0 Å². The lowest BCUT2D eigenvalue weighted by atomic mass is 10.1. The fraction of sp³-hybridized carbons (Fsp3) is 0.188. The van der Waals surface area contributed by atoms with Crippen molar-refractivity contribution >= 4 is 17.3 Å². The summed E-state index contributed by atoms with van der Waals surface area (Å²) in [6.07, 6.45) is -5.61. The third-order valence-electron chi connectivity index (χ3n) is 3.86. The van der Waals surface area contributed by atoms with Crippen molar-refractivity contribution in [3.8, 4) is 0 Å². The molecule has 2 aromatic carbocycles. The molecule has 0 amide bonds. The molecule has 0 bridgehead atoms. The van der Waals surface area contributed by atoms with Gasteiger partial charge in [0, 0.05) is 18.7 Å². The molecular formula is C16H12F3N3O4. The zero-order valence-electron chi connectivity index (χ0n) is 13.3. The number of nitrogens with one attached hydrogen (secondary N) is 1. The number of fused-ring (bicyclic) bond motifs is 1. The molecule has 0 aliphatic carbocycles. The van der Waals surface area contributed by atoms with E-state index < -0.39 is 34.5 Å². The molecule has 1 heterocycles. The highest BCUT2D eigenvalue weighted by molar-refractivity contribution is 5.93. The van der Waals surface area contributed by atoms with E-state index in [4.69, 9.17) is 4.74 Å². The second-order valence-corrected chi connectivity index (χ2v) is 5.52. The number of alkyl halides is 3. The quantitative estimate of drug-likeness (QED) is 0.506. The van der Waals surface area contributed by atoms with Crippen LogP contribution in [-0.4, -0.2) is 17.9 Å². The monoisotopic (exact) mass is 367 g/mol. The fourth-order valence-electron chi connectivity index (χ4n) is 2.62. The topological polar surface area (TPSA) is 84.7 Å². The van der Waals surface area contributed by atoms with Crippen LogP contribution in [0.25, 0.3) is 0 Å². The van der Waals surface area contributed by atoms with Gasteiger partial charge in [-0.05, 0) is 18.2 Å². The molecule has 0 radical (unpaired) electrons. The maximum atomic E-state index is 12.8. The Morgan fingerprint density at radius 3 is 2.58 bits per heavy atom. The zero-order chi connectivity index (χ0) is 19.1. The number of anilines is 1. The third-order valence-corrected chi connectivity index (χ3v) is 3.86. The number of hydrogen-bond donors (Lipinski definition) is 1. The maximum absolute atomic E-state index is 12.8. The molecule has 0 spiro atoms. The molecule has 1 aliphatic rings. The van der Waals surface area contributed by atoms with Gasteiger partial charge in [0.25, 0.3) is 5.69 Å². The number of hydrazine groups is 1. The standard InChI is InChI=1S/C16H12F3N3O4/c1-21(20-14-10-4-2-3-5-11(10)15(23)26-14)12-7-6-9(16(17,18)19)8-13(12)22(24)25/h2-8,14,20H,1H3/t14-/m1/s1. The highest BCUT2D eigenvalue weighted by Gasteiger charge is 2.35. The Labute approximate surface area is 145 Å². The van der Waals surface area contributed by atoms with Gasteiger partial charge in [0.1, 0.15) is 5.69 Å². The SMILES string of the molecule is CN(N[C@@H]1OC(=O)c2ccccc21)c1ccc(C(F)(F)F)cc1[N+](=O)[O-]. The van der Waals surface area contributed by atoms with Gasteiger partial charge in [-0.3, -0.25) is 10.1 Å². The van der Waals surface area contributed by atoms with E-state index in [0.29, 0.717) is 17.2 Å². The van der Waals surface area contributed by atoms with Gasteiger partial charge in [0.2, 0.25) is 0 Å². The molecular weight excluding hydrogens is 355 g/mol. The minimum absolute atomic E-state index is 0.108. The van der Waals surface area contributed by atoms with Crippen LogP contribution in [0.3, 0.4) is 0 Å². The van der Waals surface area contributed by atoms with Crippen LogP contribution in [0.1, 0.15) is 27.7 Å². The summed E-state index contributed by atoms with van der Waals surface area (Å²) >= 11 is 0. The number of benzene rings is 2. The number of carbonyl (C=O) groups is 1. The summed E-state index contributed by atoms with van der Waals surface area (Å²) in [5.74, 6) is -0.562. The molecule has 0 aromatic heterocycles. The number of ether oxygens (including phenoxy) is 1. The average molecular weight is 367 g/mol. The van der Waals surface area contributed by atoms with Crippen LogP contribution >= 0.6 is 0 Å². The van der Waals surface area contributed by atoms with Crippen LogP contribution in [0.2, 0.25) is 0 Å². The molecule has 2 aromatic rings. The number of nitro benzene ring substituents is 1. The number of cyclic esters (lactones) is 1. The third kappa shape index (κ3) is 3.18. The lowest BCUT2D eigenvalue weighted by Crippen LogP contribution is -2.38. The van der Waals surface area contributed by atoms with Crippen LogP contribution in [-0.2, 0) is 10.9 Å². The average Bonchev–Trinajstić information content (AvgIpc) is 2.90. The Balaban J connectivity index is 1.90. The van der Waals surface area contributed by atoms with Gasteiger partial charge >= 0.3 is 12.1 Å². The molecule has 1 atom stereocenters. The van der Waals surface area contributed by atoms with Crippen LogP contribution in [0, 0.1) is 10.1 Å². The first-order chi connectivity index (χ1) is 12.2. The highest BCUT2D eigenvalue weighted by atomic mass is 19.4. The Kier molecular flexibility index (Phi) is 4.28. The summed E-state index contributed by atoms with van der Waals surface area (Å²) < 4.78 is 43.5. The molecule has 26 heavy (non-hydrogen) atoms. The molecule has 7 nitrogen and oxygen atoms in total. The van der Waals surface area contributed by atoms with Gasteiger partial charge in [0.05, 0.1) is 16.1 Å². The summed E-state index contributed by atoms with van der Waals surface area (Å²) in [6, 6.07) is 8.75. The Bertz CT molecular complexity index is 885. The largest absolute Gasteiger partial charge is 0.437 e. The molecule has 1 N–H and O–H groups in total. The smallest absolute Gasteiger partial charge is 0.416 e. The predicted octanol–water partition coefficient (Wildman–Crippen LogP) is 3.42. The lowest BCUT2D eigenvalue weighted by molar-refractivity contribution is -0.384. The fourth-order valence-corrected chi connectivity index (χ4v) is 2.62. The second kappa shape index (κ2) is 6.30. The first kappa shape index (κ1) is 17.7. The summed E-state index contributed by atoms with van der Waals surface area (Å²) in [5, 5.41) is 12.3. The van der Waals surface area contributed by atoms with Crippen LogP contribution in [0.4, 0.5) is 24.5 Å². The number of hydrogen-bond acceptors (Lipinski definition) is 6. The number of nitrogens with zero attached hydrogens (tertiary/aromatic N) is 2. The number of esters is 1. The molecule has 1 aliphatic heterocycles. The molecule has 3 rings (SSSR count). The van der Waals surface area contributed by atoms with E-state index in [1.807, 2.05) is 0 Å². The van der Waals surface area contributed by atoms with Crippen molar-refractivity contribution in [2.75, 3.05) is 12.1 Å². The molecule has 0 saturated heterocycles. The van der Waals surface area contributed by atoms with E-state index in [-0.39, 0.29) is 5.69 Å². The van der Waals surface area contributed by atoms with Crippen molar-refractivity contribution in [1.82, 2.24) is 5.43 Å².